The summed E-state index contributed by atoms with van der Waals surface area (Å²) in [6, 6.07) is 16.8. The smallest absolute Gasteiger partial charge is 0.388 e. The molecule has 8 heteroatoms. The Hall–Kier alpha value is -3.06. The summed E-state index contributed by atoms with van der Waals surface area (Å²) in [5, 5.41) is 4.85. The molecule has 1 amide bonds. The summed E-state index contributed by atoms with van der Waals surface area (Å²) < 4.78 is 6.25. The Bertz CT molecular complexity index is 1020. The SMILES string of the molecule is O=C(Cn1nc(-c2ccccc2)oc1=O)N1CCN(c2ccccc2Cl)CC1. The third-order valence-electron chi connectivity index (χ3n) is 4.74. The quantitative estimate of drug-likeness (QED) is 0.675. The Balaban J connectivity index is 1.40. The third-order valence-corrected chi connectivity index (χ3v) is 5.06. The standard InChI is InChI=1S/C20H19ClN4O3/c21-16-8-4-5-9-17(16)23-10-12-24(13-11-23)18(26)14-25-20(27)28-19(22-25)15-6-2-1-3-7-15/h1-9H,10-14H2. The molecular weight excluding hydrogens is 380 g/mol. The summed E-state index contributed by atoms with van der Waals surface area (Å²) in [5.41, 5.74) is 1.66. The van der Waals surface area contributed by atoms with Gasteiger partial charge in [-0.3, -0.25) is 4.79 Å². The molecule has 0 spiro atoms. The predicted octanol–water partition coefficient (Wildman–Crippen LogP) is 2.51. The topological polar surface area (TPSA) is 71.6 Å². The molecule has 4 rings (SSSR count). The van der Waals surface area contributed by atoms with E-state index in [1.54, 1.807) is 17.0 Å². The lowest BCUT2D eigenvalue weighted by Crippen LogP contribution is -2.50. The molecule has 2 aromatic carbocycles. The van der Waals surface area contributed by atoms with Gasteiger partial charge >= 0.3 is 5.76 Å². The third kappa shape index (κ3) is 3.80. The van der Waals surface area contributed by atoms with Gasteiger partial charge in [0, 0.05) is 31.7 Å². The van der Waals surface area contributed by atoms with Gasteiger partial charge < -0.3 is 14.2 Å². The summed E-state index contributed by atoms with van der Waals surface area (Å²) in [6.45, 7) is 2.34. The first kappa shape index (κ1) is 18.3. The van der Waals surface area contributed by atoms with Gasteiger partial charge in [-0.1, -0.05) is 41.9 Å². The number of benzene rings is 2. The Labute approximate surface area is 166 Å². The van der Waals surface area contributed by atoms with E-state index in [0.717, 1.165) is 10.4 Å². The number of carbonyl (C=O) groups excluding carboxylic acids is 1. The fourth-order valence-electron chi connectivity index (χ4n) is 3.24. The van der Waals surface area contributed by atoms with Crippen molar-refractivity contribution in [3.05, 3.63) is 70.2 Å². The van der Waals surface area contributed by atoms with Gasteiger partial charge in [0.1, 0.15) is 6.54 Å². The van der Waals surface area contributed by atoms with E-state index >= 15 is 0 Å². The average Bonchev–Trinajstić information content (AvgIpc) is 3.09. The number of halogens is 1. The maximum absolute atomic E-state index is 12.6. The van der Waals surface area contributed by atoms with E-state index in [9.17, 15) is 9.59 Å². The number of para-hydroxylation sites is 1. The van der Waals surface area contributed by atoms with Gasteiger partial charge in [-0.15, -0.1) is 5.10 Å². The van der Waals surface area contributed by atoms with Crippen LogP contribution in [0.15, 0.2) is 63.8 Å². The van der Waals surface area contributed by atoms with Crippen molar-refractivity contribution in [2.75, 3.05) is 31.1 Å². The number of piperazine rings is 1. The number of hydrogen-bond donors (Lipinski definition) is 0. The first-order valence-electron chi connectivity index (χ1n) is 9.02. The summed E-state index contributed by atoms with van der Waals surface area (Å²) in [7, 11) is 0. The van der Waals surface area contributed by atoms with Crippen molar-refractivity contribution >= 4 is 23.2 Å². The highest BCUT2D eigenvalue weighted by molar-refractivity contribution is 6.33. The minimum atomic E-state index is -0.637. The monoisotopic (exact) mass is 398 g/mol. The van der Waals surface area contributed by atoms with Crippen LogP contribution in [0.25, 0.3) is 11.5 Å². The highest BCUT2D eigenvalue weighted by Crippen LogP contribution is 2.26. The fourth-order valence-corrected chi connectivity index (χ4v) is 3.49. The Morgan fingerprint density at radius 3 is 2.39 bits per heavy atom. The van der Waals surface area contributed by atoms with Gasteiger partial charge in [-0.25, -0.2) is 4.79 Å². The molecule has 0 saturated carbocycles. The van der Waals surface area contributed by atoms with Gasteiger partial charge in [0.15, 0.2) is 0 Å². The van der Waals surface area contributed by atoms with E-state index in [2.05, 4.69) is 10.00 Å². The van der Waals surface area contributed by atoms with Gasteiger partial charge in [0.25, 0.3) is 0 Å². The molecule has 0 atom stereocenters. The molecule has 1 aliphatic heterocycles. The number of anilines is 1. The zero-order valence-electron chi connectivity index (χ0n) is 15.1. The van der Waals surface area contributed by atoms with Crippen LogP contribution in [0.5, 0.6) is 0 Å². The second-order valence-electron chi connectivity index (χ2n) is 6.52. The number of carbonyl (C=O) groups is 1. The number of rotatable bonds is 4. The Morgan fingerprint density at radius 2 is 1.68 bits per heavy atom. The zero-order chi connectivity index (χ0) is 19.5. The van der Waals surface area contributed by atoms with Gasteiger partial charge in [0.2, 0.25) is 11.8 Å². The molecule has 1 aromatic heterocycles. The molecule has 28 heavy (non-hydrogen) atoms. The summed E-state index contributed by atoms with van der Waals surface area (Å²) >= 11 is 6.26. The molecule has 1 fully saturated rings. The van der Waals surface area contributed by atoms with Crippen molar-refractivity contribution in [2.24, 2.45) is 0 Å². The van der Waals surface area contributed by atoms with E-state index < -0.39 is 5.76 Å². The van der Waals surface area contributed by atoms with E-state index in [1.165, 1.54) is 0 Å². The number of hydrogen-bond acceptors (Lipinski definition) is 5. The van der Waals surface area contributed by atoms with Crippen LogP contribution in [0, 0.1) is 0 Å². The average molecular weight is 399 g/mol. The lowest BCUT2D eigenvalue weighted by atomic mass is 10.2. The van der Waals surface area contributed by atoms with Gasteiger partial charge in [-0.05, 0) is 24.3 Å². The molecule has 2 heterocycles. The van der Waals surface area contributed by atoms with Crippen LogP contribution >= 0.6 is 11.6 Å². The highest BCUT2D eigenvalue weighted by atomic mass is 35.5. The summed E-state index contributed by atoms with van der Waals surface area (Å²) in [6.07, 6.45) is 0. The minimum Gasteiger partial charge on any atom is -0.388 e. The number of nitrogens with zero attached hydrogens (tertiary/aromatic N) is 4. The first-order chi connectivity index (χ1) is 13.6. The predicted molar refractivity (Wildman–Crippen MR) is 106 cm³/mol. The molecule has 0 radical (unpaired) electrons. The molecule has 7 nitrogen and oxygen atoms in total. The lowest BCUT2D eigenvalue weighted by molar-refractivity contribution is -0.132. The van der Waals surface area contributed by atoms with Crippen molar-refractivity contribution in [3.8, 4) is 11.5 Å². The van der Waals surface area contributed by atoms with Crippen LogP contribution in [-0.4, -0.2) is 46.8 Å². The second-order valence-corrected chi connectivity index (χ2v) is 6.92. The molecule has 144 valence electrons. The van der Waals surface area contributed by atoms with Crippen molar-refractivity contribution in [1.82, 2.24) is 14.7 Å². The van der Waals surface area contributed by atoms with E-state index in [1.807, 2.05) is 42.5 Å². The zero-order valence-corrected chi connectivity index (χ0v) is 15.9. The van der Waals surface area contributed by atoms with Crippen LogP contribution in [0.2, 0.25) is 5.02 Å². The van der Waals surface area contributed by atoms with Gasteiger partial charge in [0.05, 0.1) is 10.7 Å². The first-order valence-corrected chi connectivity index (χ1v) is 9.40. The molecule has 0 bridgehead atoms. The number of aromatic nitrogens is 2. The normalized spacial score (nSPS) is 14.3. The molecule has 1 saturated heterocycles. The molecule has 0 aliphatic carbocycles. The lowest BCUT2D eigenvalue weighted by Gasteiger charge is -2.36. The van der Waals surface area contributed by atoms with Crippen molar-refractivity contribution in [2.45, 2.75) is 6.54 Å². The fraction of sp³-hybridized carbons (Fsp3) is 0.250. The van der Waals surface area contributed by atoms with Crippen LogP contribution in [0.4, 0.5) is 5.69 Å². The Kier molecular flexibility index (Phi) is 5.16. The summed E-state index contributed by atoms with van der Waals surface area (Å²) in [4.78, 5) is 28.5. The van der Waals surface area contributed by atoms with Crippen LogP contribution in [-0.2, 0) is 11.3 Å². The van der Waals surface area contributed by atoms with E-state index in [-0.39, 0.29) is 18.3 Å². The van der Waals surface area contributed by atoms with E-state index in [4.69, 9.17) is 16.0 Å². The van der Waals surface area contributed by atoms with Crippen molar-refractivity contribution in [1.29, 1.82) is 0 Å². The van der Waals surface area contributed by atoms with Gasteiger partial charge in [-0.2, -0.15) is 4.68 Å². The molecular formula is C20H19ClN4O3. The molecule has 3 aromatic rings. The maximum atomic E-state index is 12.6. The molecule has 0 N–H and O–H groups in total. The van der Waals surface area contributed by atoms with E-state index in [0.29, 0.717) is 36.8 Å². The van der Waals surface area contributed by atoms with Crippen LogP contribution in [0.3, 0.4) is 0 Å². The molecule has 1 aliphatic rings. The number of amides is 1. The summed E-state index contributed by atoms with van der Waals surface area (Å²) in [5.74, 6) is -0.585. The maximum Gasteiger partial charge on any atom is 0.437 e. The van der Waals surface area contributed by atoms with Crippen molar-refractivity contribution in [3.63, 3.8) is 0 Å². The molecule has 0 unspecified atom stereocenters. The van der Waals surface area contributed by atoms with Crippen LogP contribution in [0.1, 0.15) is 0 Å². The van der Waals surface area contributed by atoms with Crippen LogP contribution < -0.4 is 10.7 Å². The van der Waals surface area contributed by atoms with Crippen molar-refractivity contribution < 1.29 is 9.21 Å². The second kappa shape index (κ2) is 7.90. The Morgan fingerprint density at radius 1 is 1.00 bits per heavy atom. The largest absolute Gasteiger partial charge is 0.437 e. The highest BCUT2D eigenvalue weighted by Gasteiger charge is 2.23. The minimum absolute atomic E-state index is 0.138.